The molecule has 2 aliphatic rings. The molecule has 0 unspecified atom stereocenters. The summed E-state index contributed by atoms with van der Waals surface area (Å²) < 4.78 is 0. The van der Waals surface area contributed by atoms with Gasteiger partial charge in [0.15, 0.2) is 0 Å². The van der Waals surface area contributed by atoms with Crippen molar-refractivity contribution in [2.75, 3.05) is 6.54 Å². The summed E-state index contributed by atoms with van der Waals surface area (Å²) in [6.07, 6.45) is 4.41. The molecule has 0 spiro atoms. The van der Waals surface area contributed by atoms with Crippen LogP contribution in [0.3, 0.4) is 0 Å². The Bertz CT molecular complexity index is 984. The minimum absolute atomic E-state index is 0.0512. The van der Waals surface area contributed by atoms with E-state index in [1.54, 1.807) is 11.3 Å². The molecule has 1 aliphatic carbocycles. The standard InChI is InChI=1S/C18H19N3OS2/c1-10-11-6-8-23-13(11)5-7-21(10)9-15-19-17(22)16-12-3-2-4-14(12)24-18(16)20-15/h6,8,10H,2-5,7,9H2,1H3,(H,19,20,22)/t10-/m1/s1. The van der Waals surface area contributed by atoms with Crippen LogP contribution in [-0.2, 0) is 25.8 Å². The summed E-state index contributed by atoms with van der Waals surface area (Å²) >= 11 is 3.58. The Kier molecular flexibility index (Phi) is 3.40. The van der Waals surface area contributed by atoms with Gasteiger partial charge in [-0.3, -0.25) is 9.69 Å². The second-order valence-corrected chi connectivity index (χ2v) is 8.83. The molecule has 5 rings (SSSR count). The van der Waals surface area contributed by atoms with Crippen LogP contribution >= 0.6 is 22.7 Å². The molecule has 0 bridgehead atoms. The molecule has 124 valence electrons. The fourth-order valence-electron chi connectivity index (χ4n) is 4.09. The molecule has 1 N–H and O–H groups in total. The third-order valence-corrected chi connectivity index (χ3v) is 7.56. The van der Waals surface area contributed by atoms with E-state index in [1.807, 2.05) is 11.3 Å². The molecular weight excluding hydrogens is 338 g/mol. The van der Waals surface area contributed by atoms with E-state index in [2.05, 4.69) is 28.3 Å². The molecule has 3 aromatic heterocycles. The van der Waals surface area contributed by atoms with Crippen molar-refractivity contribution < 1.29 is 0 Å². The number of hydrogen-bond donors (Lipinski definition) is 1. The smallest absolute Gasteiger partial charge is 0.259 e. The van der Waals surface area contributed by atoms with Crippen LogP contribution < -0.4 is 5.56 Å². The fraction of sp³-hybridized carbons (Fsp3) is 0.444. The van der Waals surface area contributed by atoms with Gasteiger partial charge in [-0.2, -0.15) is 0 Å². The van der Waals surface area contributed by atoms with Gasteiger partial charge >= 0.3 is 0 Å². The van der Waals surface area contributed by atoms with Gasteiger partial charge in [-0.25, -0.2) is 4.98 Å². The van der Waals surface area contributed by atoms with Gasteiger partial charge in [0.2, 0.25) is 0 Å². The molecule has 0 saturated heterocycles. The van der Waals surface area contributed by atoms with Gasteiger partial charge in [-0.15, -0.1) is 22.7 Å². The van der Waals surface area contributed by atoms with E-state index in [9.17, 15) is 4.79 Å². The summed E-state index contributed by atoms with van der Waals surface area (Å²) in [7, 11) is 0. The SMILES string of the molecule is C[C@@H]1c2ccsc2CCN1Cc1nc2sc3c(c2c(=O)[nH]1)CCC3. The zero-order valence-corrected chi connectivity index (χ0v) is 15.2. The number of rotatable bonds is 2. The van der Waals surface area contributed by atoms with E-state index >= 15 is 0 Å². The van der Waals surface area contributed by atoms with Gasteiger partial charge in [0, 0.05) is 22.3 Å². The van der Waals surface area contributed by atoms with Crippen molar-refractivity contribution in [3.8, 4) is 0 Å². The predicted molar refractivity (Wildman–Crippen MR) is 99.1 cm³/mol. The van der Waals surface area contributed by atoms with Crippen LogP contribution in [0, 0.1) is 0 Å². The largest absolute Gasteiger partial charge is 0.309 e. The Morgan fingerprint density at radius 3 is 3.17 bits per heavy atom. The molecule has 1 atom stereocenters. The van der Waals surface area contributed by atoms with Crippen LogP contribution in [0.1, 0.15) is 46.1 Å². The lowest BCUT2D eigenvalue weighted by Gasteiger charge is -2.33. The quantitative estimate of drug-likeness (QED) is 0.761. The Morgan fingerprint density at radius 1 is 1.33 bits per heavy atom. The summed E-state index contributed by atoms with van der Waals surface area (Å²) in [6, 6.07) is 2.62. The van der Waals surface area contributed by atoms with Gasteiger partial charge < -0.3 is 4.98 Å². The predicted octanol–water partition coefficient (Wildman–Crippen LogP) is 3.65. The van der Waals surface area contributed by atoms with Gasteiger partial charge in [0.25, 0.3) is 5.56 Å². The summed E-state index contributed by atoms with van der Waals surface area (Å²) in [6.45, 7) is 3.99. The van der Waals surface area contributed by atoms with Crippen molar-refractivity contribution in [3.63, 3.8) is 0 Å². The molecular formula is C18H19N3OS2. The second-order valence-electron chi connectivity index (χ2n) is 6.75. The minimum Gasteiger partial charge on any atom is -0.309 e. The number of nitrogens with zero attached hydrogens (tertiary/aromatic N) is 2. The lowest BCUT2D eigenvalue weighted by atomic mass is 10.0. The summed E-state index contributed by atoms with van der Waals surface area (Å²) in [5, 5.41) is 3.03. The maximum Gasteiger partial charge on any atom is 0.259 e. The van der Waals surface area contributed by atoms with Crippen molar-refractivity contribution in [2.24, 2.45) is 0 Å². The molecule has 3 aromatic rings. The molecule has 0 saturated carbocycles. The molecule has 0 aromatic carbocycles. The molecule has 24 heavy (non-hydrogen) atoms. The number of aromatic amines is 1. The first-order chi connectivity index (χ1) is 11.7. The van der Waals surface area contributed by atoms with E-state index in [0.717, 1.165) is 41.8 Å². The molecule has 0 fully saturated rings. The maximum absolute atomic E-state index is 12.6. The third kappa shape index (κ3) is 2.20. The number of nitrogens with one attached hydrogen (secondary N) is 1. The topological polar surface area (TPSA) is 49.0 Å². The number of thiophene rings is 2. The number of fused-ring (bicyclic) bond motifs is 4. The molecule has 1 aliphatic heterocycles. The molecule has 4 nitrogen and oxygen atoms in total. The number of hydrogen-bond acceptors (Lipinski definition) is 5. The highest BCUT2D eigenvalue weighted by Gasteiger charge is 2.26. The fourth-order valence-corrected chi connectivity index (χ4v) is 6.34. The van der Waals surface area contributed by atoms with E-state index in [4.69, 9.17) is 4.98 Å². The van der Waals surface area contributed by atoms with E-state index in [-0.39, 0.29) is 5.56 Å². The molecule has 0 amide bonds. The first-order valence-electron chi connectivity index (χ1n) is 8.54. The zero-order valence-electron chi connectivity index (χ0n) is 13.6. The number of H-pyrrole nitrogens is 1. The van der Waals surface area contributed by atoms with Crippen LogP contribution in [0.25, 0.3) is 10.2 Å². The molecule has 4 heterocycles. The van der Waals surface area contributed by atoms with Crippen molar-refractivity contribution >= 4 is 32.9 Å². The Hall–Kier alpha value is -1.50. The number of aromatic nitrogens is 2. The third-order valence-electron chi connectivity index (χ3n) is 5.38. The zero-order chi connectivity index (χ0) is 16.3. The highest BCUT2D eigenvalue weighted by Crippen LogP contribution is 2.35. The molecule has 6 heteroatoms. The highest BCUT2D eigenvalue weighted by atomic mass is 32.1. The Balaban J connectivity index is 1.49. The lowest BCUT2D eigenvalue weighted by Crippen LogP contribution is -2.33. The van der Waals surface area contributed by atoms with E-state index < -0.39 is 0 Å². The number of aryl methyl sites for hydroxylation is 2. The van der Waals surface area contributed by atoms with Crippen molar-refractivity contribution in [3.05, 3.63) is 48.5 Å². The lowest BCUT2D eigenvalue weighted by molar-refractivity contribution is 0.186. The van der Waals surface area contributed by atoms with Crippen LogP contribution in [0.15, 0.2) is 16.2 Å². The van der Waals surface area contributed by atoms with Crippen LogP contribution in [-0.4, -0.2) is 21.4 Å². The van der Waals surface area contributed by atoms with Crippen molar-refractivity contribution in [1.82, 2.24) is 14.9 Å². The van der Waals surface area contributed by atoms with Crippen LogP contribution in [0.2, 0.25) is 0 Å². The summed E-state index contributed by atoms with van der Waals surface area (Å²) in [5.41, 5.74) is 2.74. The maximum atomic E-state index is 12.6. The van der Waals surface area contributed by atoms with E-state index in [0.29, 0.717) is 12.6 Å². The van der Waals surface area contributed by atoms with Crippen molar-refractivity contribution in [1.29, 1.82) is 0 Å². The summed E-state index contributed by atoms with van der Waals surface area (Å²) in [4.78, 5) is 26.7. The van der Waals surface area contributed by atoms with E-state index in [1.165, 1.54) is 27.3 Å². The molecule has 0 radical (unpaired) electrons. The monoisotopic (exact) mass is 357 g/mol. The Morgan fingerprint density at radius 2 is 2.25 bits per heavy atom. The van der Waals surface area contributed by atoms with Crippen LogP contribution in [0.4, 0.5) is 0 Å². The normalized spacial score (nSPS) is 20.5. The first-order valence-corrected chi connectivity index (χ1v) is 10.2. The summed E-state index contributed by atoms with van der Waals surface area (Å²) in [5.74, 6) is 0.804. The minimum atomic E-state index is 0.0512. The average molecular weight is 358 g/mol. The second kappa shape index (κ2) is 5.51. The Labute approximate surface area is 148 Å². The average Bonchev–Trinajstić information content (AvgIpc) is 3.24. The van der Waals surface area contributed by atoms with Crippen LogP contribution in [0.5, 0.6) is 0 Å². The van der Waals surface area contributed by atoms with Gasteiger partial charge in [-0.05, 0) is 55.2 Å². The van der Waals surface area contributed by atoms with Gasteiger partial charge in [0.05, 0.1) is 11.9 Å². The first kappa shape index (κ1) is 14.8. The van der Waals surface area contributed by atoms with Crippen molar-refractivity contribution in [2.45, 2.75) is 45.2 Å². The van der Waals surface area contributed by atoms with Gasteiger partial charge in [0.1, 0.15) is 10.7 Å². The van der Waals surface area contributed by atoms with Gasteiger partial charge in [-0.1, -0.05) is 0 Å². The highest BCUT2D eigenvalue weighted by molar-refractivity contribution is 7.18.